The molecular weight excluding hydrogens is 296 g/mol. The van der Waals surface area contributed by atoms with Gasteiger partial charge in [-0.2, -0.15) is 5.26 Å². The molecule has 0 atom stereocenters. The predicted octanol–water partition coefficient (Wildman–Crippen LogP) is 4.57. The highest BCUT2D eigenvalue weighted by molar-refractivity contribution is 6.10. The van der Waals surface area contributed by atoms with E-state index < -0.39 is 0 Å². The van der Waals surface area contributed by atoms with Gasteiger partial charge in [-0.1, -0.05) is 12.1 Å². The molecule has 0 spiro atoms. The van der Waals surface area contributed by atoms with Crippen LogP contribution in [0.1, 0.15) is 16.7 Å². The fraction of sp³-hybridized carbons (Fsp3) is 0.143. The molecule has 0 saturated carbocycles. The topological polar surface area (TPSA) is 40.8 Å². The highest BCUT2D eigenvalue weighted by Gasteiger charge is 2.20. The lowest BCUT2D eigenvalue weighted by molar-refractivity contribution is -0.660. The van der Waals surface area contributed by atoms with E-state index in [1.165, 1.54) is 11.1 Å². The molecule has 3 heteroatoms. The van der Waals surface area contributed by atoms with Crippen molar-refractivity contribution in [2.45, 2.75) is 13.8 Å². The maximum absolute atomic E-state index is 9.17. The van der Waals surface area contributed by atoms with Gasteiger partial charge in [-0.25, -0.2) is 4.57 Å². The number of rotatable bonds is 1. The van der Waals surface area contributed by atoms with Crippen molar-refractivity contribution in [2.24, 2.45) is 7.05 Å². The van der Waals surface area contributed by atoms with Crippen LogP contribution in [0.2, 0.25) is 0 Å². The highest BCUT2D eigenvalue weighted by atomic mass is 16.3. The standard InChI is InChI=1S/C21H17N2O/c1-13-8-9-23(3)18(10-13)20-14(2)4-6-16-17-11-15(12-22)5-7-19(17)24-21(16)20/h4-11H,1-3H3/q+1. The van der Waals surface area contributed by atoms with E-state index >= 15 is 0 Å². The van der Waals surface area contributed by atoms with Crippen LogP contribution in [-0.4, -0.2) is 0 Å². The van der Waals surface area contributed by atoms with E-state index in [-0.39, 0.29) is 0 Å². The number of hydrogen-bond donors (Lipinski definition) is 0. The normalized spacial score (nSPS) is 11.1. The van der Waals surface area contributed by atoms with Gasteiger partial charge in [0.1, 0.15) is 18.2 Å². The quantitative estimate of drug-likeness (QED) is 0.483. The van der Waals surface area contributed by atoms with E-state index in [9.17, 15) is 0 Å². The van der Waals surface area contributed by atoms with Gasteiger partial charge in [0.15, 0.2) is 6.20 Å². The number of pyridine rings is 1. The van der Waals surface area contributed by atoms with Crippen molar-refractivity contribution in [2.75, 3.05) is 0 Å². The Kier molecular flexibility index (Phi) is 3.14. The molecule has 0 unspecified atom stereocenters. The minimum absolute atomic E-state index is 0.647. The molecule has 0 aliphatic carbocycles. The van der Waals surface area contributed by atoms with Crippen molar-refractivity contribution in [1.82, 2.24) is 0 Å². The summed E-state index contributed by atoms with van der Waals surface area (Å²) in [6.07, 6.45) is 2.07. The summed E-state index contributed by atoms with van der Waals surface area (Å²) in [5, 5.41) is 11.2. The van der Waals surface area contributed by atoms with Crippen LogP contribution in [0.4, 0.5) is 0 Å². The van der Waals surface area contributed by atoms with Crippen LogP contribution < -0.4 is 4.57 Å². The molecule has 0 aliphatic heterocycles. The molecule has 4 rings (SSSR count). The van der Waals surface area contributed by atoms with E-state index in [1.807, 2.05) is 19.2 Å². The molecule has 0 N–H and O–H groups in total. The van der Waals surface area contributed by atoms with E-state index in [1.54, 1.807) is 6.07 Å². The van der Waals surface area contributed by atoms with Crippen LogP contribution in [0, 0.1) is 25.2 Å². The number of nitrogens with zero attached hydrogens (tertiary/aromatic N) is 2. The largest absolute Gasteiger partial charge is 0.455 e. The second-order valence-electron chi connectivity index (χ2n) is 6.26. The lowest BCUT2D eigenvalue weighted by Crippen LogP contribution is -2.30. The summed E-state index contributed by atoms with van der Waals surface area (Å²) in [7, 11) is 2.05. The average molecular weight is 313 g/mol. The molecular formula is C21H17N2O+. The molecule has 0 saturated heterocycles. The van der Waals surface area contributed by atoms with E-state index in [0.717, 1.165) is 33.2 Å². The zero-order valence-corrected chi connectivity index (χ0v) is 13.9. The van der Waals surface area contributed by atoms with Crippen molar-refractivity contribution in [3.63, 3.8) is 0 Å². The number of furan rings is 1. The molecule has 0 bridgehead atoms. The van der Waals surface area contributed by atoms with Gasteiger partial charge in [0.05, 0.1) is 17.2 Å². The number of hydrogen-bond acceptors (Lipinski definition) is 2. The molecule has 24 heavy (non-hydrogen) atoms. The van der Waals surface area contributed by atoms with Crippen molar-refractivity contribution in [1.29, 1.82) is 5.26 Å². The molecule has 2 aromatic heterocycles. The summed E-state index contributed by atoms with van der Waals surface area (Å²) >= 11 is 0. The molecule has 0 aliphatic rings. The van der Waals surface area contributed by atoms with Gasteiger partial charge in [0.25, 0.3) is 0 Å². The SMILES string of the molecule is Cc1cc[n+](C)c(-c2c(C)ccc3c2oc2ccc(C#N)cc23)c1. The zero-order chi connectivity index (χ0) is 16.8. The lowest BCUT2D eigenvalue weighted by Gasteiger charge is -2.06. The summed E-state index contributed by atoms with van der Waals surface area (Å²) in [5.41, 5.74) is 6.94. The first kappa shape index (κ1) is 14.5. The smallest absolute Gasteiger partial charge is 0.216 e. The van der Waals surface area contributed by atoms with Gasteiger partial charge in [-0.3, -0.25) is 0 Å². The molecule has 0 radical (unpaired) electrons. The Labute approximate surface area is 140 Å². The van der Waals surface area contributed by atoms with Crippen LogP contribution in [-0.2, 0) is 7.05 Å². The Bertz CT molecular complexity index is 1150. The Hall–Kier alpha value is -3.12. The van der Waals surface area contributed by atoms with Crippen LogP contribution in [0.3, 0.4) is 0 Å². The van der Waals surface area contributed by atoms with Crippen molar-refractivity contribution in [3.8, 4) is 17.3 Å². The molecule has 2 aromatic carbocycles. The maximum Gasteiger partial charge on any atom is 0.216 e. The van der Waals surface area contributed by atoms with Gasteiger partial charge in [-0.05, 0) is 43.2 Å². The van der Waals surface area contributed by atoms with Gasteiger partial charge in [0, 0.05) is 22.9 Å². The number of aromatic nitrogens is 1. The lowest BCUT2D eigenvalue weighted by atomic mass is 9.99. The average Bonchev–Trinajstić information content (AvgIpc) is 2.94. The Morgan fingerprint density at radius 2 is 1.83 bits per heavy atom. The molecule has 4 aromatic rings. The van der Waals surface area contributed by atoms with Gasteiger partial charge >= 0.3 is 0 Å². The van der Waals surface area contributed by atoms with E-state index in [4.69, 9.17) is 9.68 Å². The zero-order valence-electron chi connectivity index (χ0n) is 13.9. The first-order valence-electron chi connectivity index (χ1n) is 7.91. The second-order valence-corrected chi connectivity index (χ2v) is 6.26. The molecule has 2 heterocycles. The van der Waals surface area contributed by atoms with Gasteiger partial charge in [0.2, 0.25) is 5.69 Å². The van der Waals surface area contributed by atoms with Crippen LogP contribution >= 0.6 is 0 Å². The maximum atomic E-state index is 9.17. The van der Waals surface area contributed by atoms with Gasteiger partial charge < -0.3 is 4.42 Å². The van der Waals surface area contributed by atoms with E-state index in [0.29, 0.717) is 5.56 Å². The minimum Gasteiger partial charge on any atom is -0.455 e. The van der Waals surface area contributed by atoms with Crippen molar-refractivity contribution < 1.29 is 8.98 Å². The monoisotopic (exact) mass is 313 g/mol. The molecule has 0 fully saturated rings. The Morgan fingerprint density at radius 3 is 2.62 bits per heavy atom. The number of aryl methyl sites for hydroxylation is 3. The summed E-state index contributed by atoms with van der Waals surface area (Å²) in [6.45, 7) is 4.20. The third-order valence-electron chi connectivity index (χ3n) is 4.54. The van der Waals surface area contributed by atoms with Crippen LogP contribution in [0.25, 0.3) is 33.2 Å². The summed E-state index contributed by atoms with van der Waals surface area (Å²) in [4.78, 5) is 0. The first-order chi connectivity index (χ1) is 11.6. The molecule has 3 nitrogen and oxygen atoms in total. The number of nitriles is 1. The third kappa shape index (κ3) is 2.08. The second kappa shape index (κ2) is 5.21. The van der Waals surface area contributed by atoms with Gasteiger partial charge in [-0.15, -0.1) is 0 Å². The molecule has 0 amide bonds. The Balaban J connectivity index is 2.14. The fourth-order valence-corrected chi connectivity index (χ4v) is 3.25. The Morgan fingerprint density at radius 1 is 1.00 bits per heavy atom. The third-order valence-corrected chi connectivity index (χ3v) is 4.54. The highest BCUT2D eigenvalue weighted by Crippen LogP contribution is 2.37. The van der Waals surface area contributed by atoms with Crippen molar-refractivity contribution >= 4 is 21.9 Å². The fourth-order valence-electron chi connectivity index (χ4n) is 3.25. The summed E-state index contributed by atoms with van der Waals surface area (Å²) < 4.78 is 8.30. The number of benzene rings is 2. The number of fused-ring (bicyclic) bond motifs is 3. The first-order valence-corrected chi connectivity index (χ1v) is 7.91. The van der Waals surface area contributed by atoms with Crippen LogP contribution in [0.5, 0.6) is 0 Å². The van der Waals surface area contributed by atoms with Crippen molar-refractivity contribution in [3.05, 3.63) is 65.4 Å². The summed E-state index contributed by atoms with van der Waals surface area (Å²) in [5.74, 6) is 0. The van der Waals surface area contributed by atoms with Crippen LogP contribution in [0.15, 0.2) is 53.1 Å². The molecule has 116 valence electrons. The minimum atomic E-state index is 0.647. The predicted molar refractivity (Wildman–Crippen MR) is 94.5 cm³/mol. The summed E-state index contributed by atoms with van der Waals surface area (Å²) in [6, 6.07) is 16.2. The van der Waals surface area contributed by atoms with E-state index in [2.05, 4.69) is 54.9 Å².